The smallest absolute Gasteiger partial charge is 0.0743 e. The Labute approximate surface area is 119 Å². The van der Waals surface area contributed by atoms with E-state index < -0.39 is 0 Å². The van der Waals surface area contributed by atoms with E-state index in [0.717, 1.165) is 0 Å². The van der Waals surface area contributed by atoms with Crippen LogP contribution in [0.5, 0.6) is 0 Å². The van der Waals surface area contributed by atoms with E-state index in [-0.39, 0.29) is 0 Å². The van der Waals surface area contributed by atoms with Gasteiger partial charge in [-0.15, -0.1) is 0 Å². The molecular weight excluding hydrogens is 244 g/mol. The van der Waals surface area contributed by atoms with Crippen LogP contribution in [0.25, 0.3) is 5.57 Å². The molecule has 100 valence electrons. The van der Waals surface area contributed by atoms with Gasteiger partial charge in [-0.25, -0.2) is 0 Å². The molecule has 0 aromatic heterocycles. The zero-order valence-electron chi connectivity index (χ0n) is 12.1. The minimum Gasteiger partial charge on any atom is -0.374 e. The highest BCUT2D eigenvalue weighted by molar-refractivity contribution is 5.94. The van der Waals surface area contributed by atoms with Crippen LogP contribution in [-0.4, -0.2) is 18.0 Å². The number of anilines is 1. The van der Waals surface area contributed by atoms with Gasteiger partial charge in [0.05, 0.1) is 6.04 Å². The number of fused-ring (bicyclic) bond motifs is 4. The summed E-state index contributed by atoms with van der Waals surface area (Å²) in [7, 11) is 2.08. The van der Waals surface area contributed by atoms with Crippen molar-refractivity contribution in [3.8, 4) is 0 Å². The summed E-state index contributed by atoms with van der Waals surface area (Å²) in [6, 6.07) is 8.95. The van der Waals surface area contributed by atoms with Gasteiger partial charge in [-0.05, 0) is 48.3 Å². The fraction of sp³-hybridized carbons (Fsp3) is 0.222. The van der Waals surface area contributed by atoms with E-state index in [9.17, 15) is 0 Å². The lowest BCUT2D eigenvalue weighted by molar-refractivity contribution is 0.613. The van der Waals surface area contributed by atoms with Gasteiger partial charge in [0.25, 0.3) is 0 Å². The maximum absolute atomic E-state index is 3.67. The van der Waals surface area contributed by atoms with Crippen LogP contribution in [0.1, 0.15) is 19.4 Å². The molecule has 0 saturated heterocycles. The van der Waals surface area contributed by atoms with Crippen LogP contribution >= 0.6 is 0 Å². The van der Waals surface area contributed by atoms with Gasteiger partial charge in [-0.2, -0.15) is 0 Å². The number of nitrogens with one attached hydrogen (secondary N) is 1. The normalized spacial score (nSPS) is 23.2. The van der Waals surface area contributed by atoms with E-state index in [0.29, 0.717) is 6.04 Å². The van der Waals surface area contributed by atoms with Crippen molar-refractivity contribution in [1.82, 2.24) is 4.90 Å². The van der Waals surface area contributed by atoms with Crippen molar-refractivity contribution in [2.45, 2.75) is 19.9 Å². The second-order valence-corrected chi connectivity index (χ2v) is 5.78. The molecule has 20 heavy (non-hydrogen) atoms. The SMILES string of the molecule is CC1=C2c3ccccc3NC2C(C)=C2C=CN(C)C=C12. The van der Waals surface area contributed by atoms with E-state index in [1.54, 1.807) is 0 Å². The van der Waals surface area contributed by atoms with Crippen LogP contribution in [0.2, 0.25) is 0 Å². The number of rotatable bonds is 0. The lowest BCUT2D eigenvalue weighted by atomic mass is 9.79. The number of allylic oxidation sites excluding steroid dienone is 4. The number of hydrogen-bond donors (Lipinski definition) is 1. The zero-order valence-corrected chi connectivity index (χ0v) is 12.1. The molecule has 0 fully saturated rings. The summed E-state index contributed by atoms with van der Waals surface area (Å²) in [6.07, 6.45) is 6.59. The van der Waals surface area contributed by atoms with Gasteiger partial charge in [-0.3, -0.25) is 0 Å². The van der Waals surface area contributed by atoms with E-state index >= 15 is 0 Å². The molecule has 1 aliphatic carbocycles. The Bertz CT molecular complexity index is 732. The van der Waals surface area contributed by atoms with Crippen LogP contribution in [0.3, 0.4) is 0 Å². The summed E-state index contributed by atoms with van der Waals surface area (Å²) in [5.74, 6) is 0. The Balaban J connectivity index is 1.98. The first-order valence-electron chi connectivity index (χ1n) is 7.07. The number of para-hydroxylation sites is 1. The number of hydrogen-bond acceptors (Lipinski definition) is 2. The van der Waals surface area contributed by atoms with E-state index in [1.165, 1.54) is 39.1 Å². The van der Waals surface area contributed by atoms with Crippen molar-refractivity contribution >= 4 is 11.3 Å². The summed E-state index contributed by atoms with van der Waals surface area (Å²) in [6.45, 7) is 4.49. The van der Waals surface area contributed by atoms with Crippen molar-refractivity contribution in [2.75, 3.05) is 12.4 Å². The fourth-order valence-corrected chi connectivity index (χ4v) is 3.51. The summed E-state index contributed by atoms with van der Waals surface area (Å²) in [5.41, 5.74) is 9.58. The van der Waals surface area contributed by atoms with Crippen molar-refractivity contribution in [3.05, 3.63) is 70.6 Å². The summed E-state index contributed by atoms with van der Waals surface area (Å²) >= 11 is 0. The minimum absolute atomic E-state index is 0.326. The predicted molar refractivity (Wildman–Crippen MR) is 84.1 cm³/mol. The van der Waals surface area contributed by atoms with E-state index in [2.05, 4.69) is 73.9 Å². The lowest BCUT2D eigenvalue weighted by Crippen LogP contribution is -2.24. The Hall–Kier alpha value is -2.22. The van der Waals surface area contributed by atoms with Gasteiger partial charge in [-0.1, -0.05) is 18.2 Å². The standard InChI is InChI=1S/C18H18N2/c1-11-15-10-20(3)9-8-13(15)12(2)18-17(11)14-6-4-5-7-16(14)19-18/h4-10,18-19H,1-3H3. The monoisotopic (exact) mass is 262 g/mol. The quantitative estimate of drug-likeness (QED) is 0.762. The number of nitrogens with zero attached hydrogens (tertiary/aromatic N) is 1. The van der Waals surface area contributed by atoms with Gasteiger partial charge < -0.3 is 10.2 Å². The van der Waals surface area contributed by atoms with Crippen LogP contribution in [0.15, 0.2) is 65.0 Å². The molecule has 0 spiro atoms. The molecule has 2 aliphatic heterocycles. The third-order valence-electron chi connectivity index (χ3n) is 4.57. The number of benzene rings is 1. The molecule has 1 aromatic carbocycles. The molecule has 3 aliphatic rings. The van der Waals surface area contributed by atoms with Gasteiger partial charge in [0.15, 0.2) is 0 Å². The molecule has 0 bridgehead atoms. The van der Waals surface area contributed by atoms with E-state index in [1.807, 2.05) is 0 Å². The highest BCUT2D eigenvalue weighted by Gasteiger charge is 2.35. The molecule has 0 radical (unpaired) electrons. The Morgan fingerprint density at radius 2 is 1.95 bits per heavy atom. The lowest BCUT2D eigenvalue weighted by Gasteiger charge is -2.31. The molecule has 1 aromatic rings. The second-order valence-electron chi connectivity index (χ2n) is 5.78. The van der Waals surface area contributed by atoms with Gasteiger partial charge in [0, 0.05) is 36.3 Å². The Morgan fingerprint density at radius 1 is 1.15 bits per heavy atom. The van der Waals surface area contributed by atoms with Gasteiger partial charge in [0.1, 0.15) is 0 Å². The maximum Gasteiger partial charge on any atom is 0.0743 e. The topological polar surface area (TPSA) is 15.3 Å². The summed E-state index contributed by atoms with van der Waals surface area (Å²) in [4.78, 5) is 2.13. The Kier molecular flexibility index (Phi) is 2.25. The van der Waals surface area contributed by atoms with Crippen molar-refractivity contribution in [2.24, 2.45) is 0 Å². The van der Waals surface area contributed by atoms with Crippen LogP contribution in [0.4, 0.5) is 5.69 Å². The van der Waals surface area contributed by atoms with Crippen LogP contribution in [-0.2, 0) is 0 Å². The molecule has 0 saturated carbocycles. The highest BCUT2D eigenvalue weighted by Crippen LogP contribution is 2.47. The summed E-state index contributed by atoms with van der Waals surface area (Å²) < 4.78 is 0. The molecule has 2 heterocycles. The van der Waals surface area contributed by atoms with Crippen molar-refractivity contribution in [1.29, 1.82) is 0 Å². The van der Waals surface area contributed by atoms with Gasteiger partial charge >= 0.3 is 0 Å². The molecule has 1 unspecified atom stereocenters. The van der Waals surface area contributed by atoms with Crippen molar-refractivity contribution in [3.63, 3.8) is 0 Å². The summed E-state index contributed by atoms with van der Waals surface area (Å²) in [5, 5.41) is 3.67. The molecule has 2 heteroatoms. The molecular formula is C18H18N2. The first-order chi connectivity index (χ1) is 9.66. The predicted octanol–water partition coefficient (Wildman–Crippen LogP) is 3.93. The molecule has 2 nitrogen and oxygen atoms in total. The average molecular weight is 262 g/mol. The third-order valence-corrected chi connectivity index (χ3v) is 4.57. The van der Waals surface area contributed by atoms with Crippen LogP contribution < -0.4 is 5.32 Å². The molecule has 4 rings (SSSR count). The third kappa shape index (κ3) is 1.39. The maximum atomic E-state index is 3.67. The van der Waals surface area contributed by atoms with E-state index in [4.69, 9.17) is 0 Å². The van der Waals surface area contributed by atoms with Gasteiger partial charge in [0.2, 0.25) is 0 Å². The largest absolute Gasteiger partial charge is 0.374 e. The molecule has 1 atom stereocenters. The van der Waals surface area contributed by atoms with Crippen molar-refractivity contribution < 1.29 is 0 Å². The highest BCUT2D eigenvalue weighted by atomic mass is 15.1. The first-order valence-corrected chi connectivity index (χ1v) is 7.07. The fourth-order valence-electron chi connectivity index (χ4n) is 3.51. The Morgan fingerprint density at radius 3 is 2.80 bits per heavy atom. The zero-order chi connectivity index (χ0) is 13.9. The second kappa shape index (κ2) is 3.89. The first kappa shape index (κ1) is 11.6. The molecule has 0 amide bonds. The average Bonchev–Trinajstić information content (AvgIpc) is 2.84. The molecule has 1 N–H and O–H groups in total. The minimum atomic E-state index is 0.326. The van der Waals surface area contributed by atoms with Crippen LogP contribution in [0, 0.1) is 0 Å².